The van der Waals surface area contributed by atoms with E-state index in [0.717, 1.165) is 5.75 Å². The summed E-state index contributed by atoms with van der Waals surface area (Å²) in [6.07, 6.45) is 3.08. The van der Waals surface area contributed by atoms with Crippen molar-refractivity contribution < 1.29 is 4.42 Å². The first kappa shape index (κ1) is 12.2. The van der Waals surface area contributed by atoms with Gasteiger partial charge in [0.25, 0.3) is 5.22 Å². The molecule has 3 nitrogen and oxygen atoms in total. The van der Waals surface area contributed by atoms with Crippen LogP contribution in [0.4, 0.5) is 0 Å². The van der Waals surface area contributed by atoms with Crippen LogP contribution in [0.25, 0.3) is 0 Å². The van der Waals surface area contributed by atoms with E-state index in [1.165, 1.54) is 18.4 Å². The van der Waals surface area contributed by atoms with E-state index in [0.29, 0.717) is 17.5 Å². The third kappa shape index (κ3) is 3.89. The van der Waals surface area contributed by atoms with E-state index in [1.54, 1.807) is 11.8 Å². The smallest absolute Gasteiger partial charge is 0.276 e. The van der Waals surface area contributed by atoms with Crippen molar-refractivity contribution in [2.24, 2.45) is 0 Å². The molecule has 0 unspecified atom stereocenters. The molecule has 1 aromatic heterocycles. The second-order valence-corrected chi connectivity index (χ2v) is 4.87. The van der Waals surface area contributed by atoms with Gasteiger partial charge in [0.05, 0.1) is 6.42 Å². The normalized spacial score (nSPS) is 10.6. The summed E-state index contributed by atoms with van der Waals surface area (Å²) in [4.78, 5) is 0. The SMILES string of the molecule is CCCCSc1nnc(Cc2ccccc2)o1. The lowest BCUT2D eigenvalue weighted by Gasteiger charge is -1.95. The number of aromatic nitrogens is 2. The molecule has 17 heavy (non-hydrogen) atoms. The predicted molar refractivity (Wildman–Crippen MR) is 69.2 cm³/mol. The Kier molecular flexibility index (Phi) is 4.62. The Bertz CT molecular complexity index is 442. The number of nitrogens with zero attached hydrogens (tertiary/aromatic N) is 2. The van der Waals surface area contributed by atoms with E-state index in [9.17, 15) is 0 Å². The van der Waals surface area contributed by atoms with Gasteiger partial charge in [0.2, 0.25) is 5.89 Å². The Labute approximate surface area is 106 Å². The van der Waals surface area contributed by atoms with Crippen LogP contribution in [-0.2, 0) is 6.42 Å². The minimum atomic E-state index is 0.685. The van der Waals surface area contributed by atoms with Crippen LogP contribution in [0.1, 0.15) is 31.2 Å². The second kappa shape index (κ2) is 6.45. The summed E-state index contributed by atoms with van der Waals surface area (Å²) in [7, 11) is 0. The maximum absolute atomic E-state index is 5.57. The summed E-state index contributed by atoms with van der Waals surface area (Å²) in [5, 5.41) is 8.77. The van der Waals surface area contributed by atoms with E-state index < -0.39 is 0 Å². The molecule has 0 radical (unpaired) electrons. The third-order valence-electron chi connectivity index (χ3n) is 2.37. The molecule has 1 heterocycles. The monoisotopic (exact) mass is 248 g/mol. The second-order valence-electron chi connectivity index (χ2n) is 3.83. The third-order valence-corrected chi connectivity index (χ3v) is 3.27. The van der Waals surface area contributed by atoms with Crippen molar-refractivity contribution in [3.63, 3.8) is 0 Å². The number of benzene rings is 1. The van der Waals surface area contributed by atoms with Gasteiger partial charge in [-0.1, -0.05) is 55.4 Å². The molecule has 0 amide bonds. The summed E-state index contributed by atoms with van der Waals surface area (Å²) in [5.74, 6) is 1.74. The van der Waals surface area contributed by atoms with Gasteiger partial charge in [0.15, 0.2) is 0 Å². The molecule has 0 saturated carbocycles. The van der Waals surface area contributed by atoms with Gasteiger partial charge in [0.1, 0.15) is 0 Å². The molecule has 0 saturated heterocycles. The molecule has 0 aliphatic carbocycles. The number of thioether (sulfide) groups is 1. The van der Waals surface area contributed by atoms with Gasteiger partial charge >= 0.3 is 0 Å². The van der Waals surface area contributed by atoms with Crippen LogP contribution in [0.15, 0.2) is 40.0 Å². The van der Waals surface area contributed by atoms with Crippen LogP contribution >= 0.6 is 11.8 Å². The average molecular weight is 248 g/mol. The predicted octanol–water partition coefficient (Wildman–Crippen LogP) is 3.55. The van der Waals surface area contributed by atoms with Gasteiger partial charge in [-0.05, 0) is 12.0 Å². The first-order valence-electron chi connectivity index (χ1n) is 5.87. The number of hydrogen-bond donors (Lipinski definition) is 0. The molecular weight excluding hydrogens is 232 g/mol. The van der Waals surface area contributed by atoms with Gasteiger partial charge in [-0.3, -0.25) is 0 Å². The number of unbranched alkanes of at least 4 members (excludes halogenated alkanes) is 1. The lowest BCUT2D eigenvalue weighted by molar-refractivity contribution is 0.420. The molecule has 2 rings (SSSR count). The Morgan fingerprint density at radius 1 is 1.18 bits per heavy atom. The Morgan fingerprint density at radius 2 is 2.00 bits per heavy atom. The molecule has 1 aromatic carbocycles. The van der Waals surface area contributed by atoms with Crippen molar-refractivity contribution in [3.05, 3.63) is 41.8 Å². The summed E-state index contributed by atoms with van der Waals surface area (Å²) in [5.41, 5.74) is 1.20. The van der Waals surface area contributed by atoms with Crippen LogP contribution in [0.3, 0.4) is 0 Å². The van der Waals surface area contributed by atoms with Gasteiger partial charge in [0, 0.05) is 5.75 Å². The van der Waals surface area contributed by atoms with Crippen molar-refractivity contribution in [1.29, 1.82) is 0 Å². The first-order chi connectivity index (χ1) is 8.38. The quantitative estimate of drug-likeness (QED) is 0.579. The topological polar surface area (TPSA) is 38.9 Å². The molecule has 90 valence electrons. The summed E-state index contributed by atoms with van der Waals surface area (Å²) in [6, 6.07) is 10.2. The van der Waals surface area contributed by atoms with Gasteiger partial charge in [-0.2, -0.15) is 0 Å². The molecule has 0 aliphatic heterocycles. The maximum atomic E-state index is 5.57. The first-order valence-corrected chi connectivity index (χ1v) is 6.86. The van der Waals surface area contributed by atoms with Crippen molar-refractivity contribution in [1.82, 2.24) is 10.2 Å². The van der Waals surface area contributed by atoms with E-state index in [1.807, 2.05) is 18.2 Å². The molecule has 0 atom stereocenters. The van der Waals surface area contributed by atoms with Gasteiger partial charge in [-0.25, -0.2) is 0 Å². The van der Waals surface area contributed by atoms with Crippen molar-refractivity contribution in [2.75, 3.05) is 5.75 Å². The fraction of sp³-hybridized carbons (Fsp3) is 0.385. The molecule has 0 spiro atoms. The maximum Gasteiger partial charge on any atom is 0.276 e. The summed E-state index contributed by atoms with van der Waals surface area (Å²) in [6.45, 7) is 2.18. The van der Waals surface area contributed by atoms with Crippen molar-refractivity contribution in [3.8, 4) is 0 Å². The van der Waals surface area contributed by atoms with E-state index in [-0.39, 0.29) is 0 Å². The Morgan fingerprint density at radius 3 is 2.76 bits per heavy atom. The molecule has 0 bridgehead atoms. The van der Waals surface area contributed by atoms with Crippen molar-refractivity contribution >= 4 is 11.8 Å². The minimum absolute atomic E-state index is 0.685. The zero-order valence-corrected chi connectivity index (χ0v) is 10.7. The molecule has 0 aliphatic rings. The van der Waals surface area contributed by atoms with Gasteiger partial charge in [-0.15, -0.1) is 10.2 Å². The van der Waals surface area contributed by atoms with Gasteiger partial charge < -0.3 is 4.42 Å². The Hall–Kier alpha value is -1.29. The lowest BCUT2D eigenvalue weighted by Crippen LogP contribution is -1.87. The molecule has 2 aromatic rings. The molecular formula is C13H16N2OS. The van der Waals surface area contributed by atoms with Crippen LogP contribution < -0.4 is 0 Å². The zero-order chi connectivity index (χ0) is 11.9. The standard InChI is InChI=1S/C13H16N2OS/c1-2-3-9-17-13-15-14-12(16-13)10-11-7-5-4-6-8-11/h4-8H,2-3,9-10H2,1H3. The summed E-state index contributed by atoms with van der Waals surface area (Å²) >= 11 is 1.64. The van der Waals surface area contributed by atoms with E-state index in [2.05, 4.69) is 29.3 Å². The van der Waals surface area contributed by atoms with Crippen molar-refractivity contribution in [2.45, 2.75) is 31.4 Å². The fourth-order valence-corrected chi connectivity index (χ4v) is 2.30. The fourth-order valence-electron chi connectivity index (χ4n) is 1.44. The highest BCUT2D eigenvalue weighted by Gasteiger charge is 2.06. The highest BCUT2D eigenvalue weighted by molar-refractivity contribution is 7.99. The van der Waals surface area contributed by atoms with Crippen LogP contribution in [-0.4, -0.2) is 16.0 Å². The summed E-state index contributed by atoms with van der Waals surface area (Å²) < 4.78 is 5.57. The lowest BCUT2D eigenvalue weighted by atomic mass is 10.2. The van der Waals surface area contributed by atoms with Crippen LogP contribution in [0, 0.1) is 0 Å². The van der Waals surface area contributed by atoms with E-state index in [4.69, 9.17) is 4.42 Å². The molecule has 0 fully saturated rings. The van der Waals surface area contributed by atoms with E-state index >= 15 is 0 Å². The molecule has 0 N–H and O–H groups in total. The van der Waals surface area contributed by atoms with Crippen LogP contribution in [0.5, 0.6) is 0 Å². The highest BCUT2D eigenvalue weighted by atomic mass is 32.2. The average Bonchev–Trinajstić information content (AvgIpc) is 2.79. The molecule has 4 heteroatoms. The van der Waals surface area contributed by atoms with Crippen LogP contribution in [0.2, 0.25) is 0 Å². The minimum Gasteiger partial charge on any atom is -0.416 e. The Balaban J connectivity index is 1.90. The highest BCUT2D eigenvalue weighted by Crippen LogP contribution is 2.18. The number of rotatable bonds is 6. The number of hydrogen-bond acceptors (Lipinski definition) is 4. The zero-order valence-electron chi connectivity index (χ0n) is 9.93. The largest absolute Gasteiger partial charge is 0.416 e.